The lowest BCUT2D eigenvalue weighted by Gasteiger charge is -2.44. The Hall–Kier alpha value is -0.410. The van der Waals surface area contributed by atoms with Crippen LogP contribution in [0.1, 0.15) is 60.8 Å². The van der Waals surface area contributed by atoms with Gasteiger partial charge in [-0.1, -0.05) is 20.3 Å². The third kappa shape index (κ3) is 3.79. The number of carbonyl (C=O) groups excluding carboxylic acids is 1. The number of nitrogens with one attached hydrogen (secondary N) is 1. The van der Waals surface area contributed by atoms with Gasteiger partial charge in [-0.25, -0.2) is 0 Å². The summed E-state index contributed by atoms with van der Waals surface area (Å²) < 4.78 is 0. The lowest BCUT2D eigenvalue weighted by Crippen LogP contribution is -2.56. The fourth-order valence-electron chi connectivity index (χ4n) is 3.27. The summed E-state index contributed by atoms with van der Waals surface area (Å²) >= 11 is 0. The highest BCUT2D eigenvalue weighted by atomic mass is 16.1. The van der Waals surface area contributed by atoms with Crippen molar-refractivity contribution in [2.24, 2.45) is 5.41 Å². The molecule has 3 heteroatoms. The standard InChI is InChI=1S/C16H32N2O/c1-12-9-8-10-13(2)18(12)11-15(3,4)14(19)16(5,6)17-7/h12-13,17H,8-11H2,1-7H3/i7+1. The minimum absolute atomic E-state index is 0.299. The Labute approximate surface area is 119 Å². The van der Waals surface area contributed by atoms with Crippen LogP contribution in [0.3, 0.4) is 0 Å². The number of likely N-dealkylation sites (tertiary alicyclic amines) is 1. The predicted octanol–water partition coefficient (Wildman–Crippen LogP) is 2.84. The van der Waals surface area contributed by atoms with Crippen LogP contribution in [0.5, 0.6) is 0 Å². The molecule has 112 valence electrons. The molecule has 0 aliphatic carbocycles. The second-order valence-electron chi connectivity index (χ2n) is 7.39. The van der Waals surface area contributed by atoms with Crippen LogP contribution in [0.25, 0.3) is 0 Å². The summed E-state index contributed by atoms with van der Waals surface area (Å²) in [7, 11) is 1.86. The summed E-state index contributed by atoms with van der Waals surface area (Å²) in [6, 6.07) is 1.18. The number of Topliss-reactive ketones (excluding diaryl/α,β-unsaturated/α-hetero) is 1. The summed E-state index contributed by atoms with van der Waals surface area (Å²) in [6.45, 7) is 13.6. The van der Waals surface area contributed by atoms with Gasteiger partial charge < -0.3 is 5.32 Å². The summed E-state index contributed by atoms with van der Waals surface area (Å²) in [5.41, 5.74) is -0.766. The van der Waals surface area contributed by atoms with E-state index in [-0.39, 0.29) is 5.41 Å². The van der Waals surface area contributed by atoms with Gasteiger partial charge in [-0.3, -0.25) is 9.69 Å². The molecule has 0 saturated carbocycles. The van der Waals surface area contributed by atoms with Gasteiger partial charge in [-0.15, -0.1) is 0 Å². The predicted molar refractivity (Wildman–Crippen MR) is 81.4 cm³/mol. The monoisotopic (exact) mass is 269 g/mol. The van der Waals surface area contributed by atoms with Gasteiger partial charge in [0.1, 0.15) is 0 Å². The first-order valence-electron chi connectivity index (χ1n) is 7.61. The van der Waals surface area contributed by atoms with E-state index in [1.54, 1.807) is 0 Å². The summed E-state index contributed by atoms with van der Waals surface area (Å²) in [5, 5.41) is 3.14. The molecule has 1 rings (SSSR count). The second kappa shape index (κ2) is 5.92. The molecule has 19 heavy (non-hydrogen) atoms. The minimum Gasteiger partial charge on any atom is -0.308 e. The van der Waals surface area contributed by atoms with Crippen LogP contribution >= 0.6 is 0 Å². The number of carbonyl (C=O) groups is 1. The number of likely N-dealkylation sites (N-methyl/N-ethyl adjacent to an activating group) is 1. The van der Waals surface area contributed by atoms with E-state index >= 15 is 0 Å². The van der Waals surface area contributed by atoms with E-state index in [9.17, 15) is 4.79 Å². The Morgan fingerprint density at radius 1 is 1.16 bits per heavy atom. The normalized spacial score (nSPS) is 26.5. The Kier molecular flexibility index (Phi) is 5.19. The molecule has 2 atom stereocenters. The van der Waals surface area contributed by atoms with Crippen molar-refractivity contribution < 1.29 is 4.79 Å². The van der Waals surface area contributed by atoms with E-state index in [4.69, 9.17) is 0 Å². The fourth-order valence-corrected chi connectivity index (χ4v) is 3.27. The van der Waals surface area contributed by atoms with Crippen molar-refractivity contribution in [3.8, 4) is 0 Å². The van der Waals surface area contributed by atoms with Crippen molar-refractivity contribution >= 4 is 5.78 Å². The molecule has 1 fully saturated rings. The fraction of sp³-hybridized carbons (Fsp3) is 0.938. The molecule has 1 aliphatic rings. The zero-order chi connectivity index (χ0) is 14.8. The van der Waals surface area contributed by atoms with Crippen LogP contribution < -0.4 is 5.32 Å². The number of piperidine rings is 1. The third-order valence-electron chi connectivity index (χ3n) is 4.76. The topological polar surface area (TPSA) is 32.3 Å². The lowest BCUT2D eigenvalue weighted by atomic mass is 9.77. The van der Waals surface area contributed by atoms with E-state index in [0.717, 1.165) is 6.54 Å². The van der Waals surface area contributed by atoms with Crippen molar-refractivity contribution in [2.75, 3.05) is 13.6 Å². The number of hydrogen-bond acceptors (Lipinski definition) is 3. The molecule has 2 unspecified atom stereocenters. The van der Waals surface area contributed by atoms with Crippen molar-refractivity contribution in [3.63, 3.8) is 0 Å². The number of ketones is 1. The van der Waals surface area contributed by atoms with Crippen molar-refractivity contribution in [2.45, 2.75) is 78.4 Å². The SMILES string of the molecule is CC1CCCC(C)N1CC(C)(C)C(=O)C(C)(C)N[13CH3]. The van der Waals surface area contributed by atoms with E-state index in [2.05, 4.69) is 37.9 Å². The third-order valence-corrected chi connectivity index (χ3v) is 4.76. The largest absolute Gasteiger partial charge is 0.308 e. The first-order valence-corrected chi connectivity index (χ1v) is 7.61. The first-order chi connectivity index (χ1) is 8.62. The maximum Gasteiger partial charge on any atom is 0.159 e. The molecule has 1 N–H and O–H groups in total. The number of hydrogen-bond donors (Lipinski definition) is 1. The maximum absolute atomic E-state index is 12.7. The van der Waals surface area contributed by atoms with Gasteiger partial charge in [-0.2, -0.15) is 0 Å². The average molecular weight is 269 g/mol. The molecule has 0 radical (unpaired) electrons. The Morgan fingerprint density at radius 2 is 1.63 bits per heavy atom. The van der Waals surface area contributed by atoms with Crippen LogP contribution in [-0.4, -0.2) is 41.9 Å². The van der Waals surface area contributed by atoms with Crippen LogP contribution in [0.4, 0.5) is 0 Å². The maximum atomic E-state index is 12.7. The highest BCUT2D eigenvalue weighted by Crippen LogP contribution is 2.30. The second-order valence-corrected chi connectivity index (χ2v) is 7.39. The van der Waals surface area contributed by atoms with Gasteiger partial charge in [0.05, 0.1) is 5.54 Å². The van der Waals surface area contributed by atoms with E-state index < -0.39 is 5.54 Å². The van der Waals surface area contributed by atoms with Gasteiger partial charge in [-0.05, 0) is 47.6 Å². The molecule has 1 heterocycles. The molecule has 3 nitrogen and oxygen atoms in total. The average Bonchev–Trinajstić information content (AvgIpc) is 2.33. The number of rotatable bonds is 5. The molecule has 0 aromatic rings. The number of nitrogens with zero attached hydrogens (tertiary/aromatic N) is 1. The van der Waals surface area contributed by atoms with Crippen molar-refractivity contribution in [1.29, 1.82) is 0 Å². The van der Waals surface area contributed by atoms with Crippen LogP contribution in [-0.2, 0) is 4.79 Å². The molecule has 0 amide bonds. The quantitative estimate of drug-likeness (QED) is 0.779. The molecule has 0 aromatic carbocycles. The van der Waals surface area contributed by atoms with Gasteiger partial charge in [0.15, 0.2) is 5.78 Å². The lowest BCUT2D eigenvalue weighted by molar-refractivity contribution is -0.134. The minimum atomic E-state index is -0.453. The van der Waals surface area contributed by atoms with E-state index in [1.807, 2.05) is 20.9 Å². The summed E-state index contributed by atoms with van der Waals surface area (Å²) in [4.78, 5) is 15.2. The zero-order valence-electron chi connectivity index (χ0n) is 13.8. The molecular formula is C16H32N2O. The highest BCUT2D eigenvalue weighted by Gasteiger charge is 2.41. The molecule has 0 aromatic heterocycles. The van der Waals surface area contributed by atoms with Crippen LogP contribution in [0.15, 0.2) is 0 Å². The Bertz CT molecular complexity index is 313. The molecular weight excluding hydrogens is 237 g/mol. The molecule has 0 spiro atoms. The first kappa shape index (κ1) is 16.6. The molecule has 0 bridgehead atoms. The van der Waals surface area contributed by atoms with Crippen molar-refractivity contribution in [1.82, 2.24) is 10.2 Å². The van der Waals surface area contributed by atoms with Gasteiger partial charge in [0.2, 0.25) is 0 Å². The van der Waals surface area contributed by atoms with Crippen LogP contribution in [0, 0.1) is 5.41 Å². The smallest absolute Gasteiger partial charge is 0.159 e. The van der Waals surface area contributed by atoms with Gasteiger partial charge >= 0.3 is 0 Å². The van der Waals surface area contributed by atoms with Crippen LogP contribution in [0.2, 0.25) is 0 Å². The highest BCUT2D eigenvalue weighted by molar-refractivity contribution is 5.92. The molecule has 1 aliphatic heterocycles. The Balaban J connectivity index is 2.80. The van der Waals surface area contributed by atoms with E-state index in [1.165, 1.54) is 19.3 Å². The Morgan fingerprint density at radius 3 is 2.05 bits per heavy atom. The zero-order valence-corrected chi connectivity index (χ0v) is 13.8. The summed E-state index contributed by atoms with van der Waals surface area (Å²) in [5.74, 6) is 0.299. The van der Waals surface area contributed by atoms with Gasteiger partial charge in [0, 0.05) is 24.0 Å². The van der Waals surface area contributed by atoms with E-state index in [0.29, 0.717) is 17.9 Å². The van der Waals surface area contributed by atoms with Crippen molar-refractivity contribution in [3.05, 3.63) is 0 Å². The van der Waals surface area contributed by atoms with Gasteiger partial charge in [0.25, 0.3) is 0 Å². The molecule has 1 saturated heterocycles. The summed E-state index contributed by atoms with van der Waals surface area (Å²) in [6.07, 6.45) is 3.82.